The molecule has 2 aliphatic carbocycles. The summed E-state index contributed by atoms with van der Waals surface area (Å²) in [5.41, 5.74) is 3.64. The van der Waals surface area contributed by atoms with E-state index in [-0.39, 0.29) is 24.5 Å². The van der Waals surface area contributed by atoms with Crippen LogP contribution in [-0.4, -0.2) is 47.1 Å². The van der Waals surface area contributed by atoms with E-state index in [2.05, 4.69) is 20.3 Å². The number of carboxylic acid groups (broad SMARTS) is 1. The first-order valence-electron chi connectivity index (χ1n) is 11.6. The maximum Gasteiger partial charge on any atom is 0.316 e. The molecule has 0 spiro atoms. The predicted octanol–water partition coefficient (Wildman–Crippen LogP) is 3.13. The molecular formula is C24H28N6O4. The lowest BCUT2D eigenvalue weighted by molar-refractivity contribution is -0.143. The van der Waals surface area contributed by atoms with E-state index in [1.165, 1.54) is 0 Å². The number of pyridine rings is 1. The van der Waals surface area contributed by atoms with Crippen LogP contribution >= 0.6 is 0 Å². The van der Waals surface area contributed by atoms with Gasteiger partial charge < -0.3 is 14.6 Å². The molecule has 1 N–H and O–H groups in total. The Bertz CT molecular complexity index is 1210. The van der Waals surface area contributed by atoms with Gasteiger partial charge in [0.05, 0.1) is 23.4 Å². The van der Waals surface area contributed by atoms with Gasteiger partial charge in [-0.1, -0.05) is 5.21 Å². The highest BCUT2D eigenvalue weighted by Gasteiger charge is 2.47. The minimum Gasteiger partial charge on any atom is -0.489 e. The molecule has 0 amide bonds. The summed E-state index contributed by atoms with van der Waals surface area (Å²) in [4.78, 5) is 24.6. The van der Waals surface area contributed by atoms with Gasteiger partial charge in [-0.3, -0.25) is 4.79 Å². The van der Waals surface area contributed by atoms with Gasteiger partial charge in [0.2, 0.25) is 0 Å². The lowest BCUT2D eigenvalue weighted by Gasteiger charge is -2.18. The molecule has 0 radical (unpaired) electrons. The van der Waals surface area contributed by atoms with Crippen molar-refractivity contribution in [1.29, 1.82) is 0 Å². The molecule has 10 nitrogen and oxygen atoms in total. The van der Waals surface area contributed by atoms with E-state index in [0.29, 0.717) is 23.3 Å². The van der Waals surface area contributed by atoms with E-state index in [9.17, 15) is 9.90 Å². The molecule has 10 heteroatoms. The van der Waals surface area contributed by atoms with Gasteiger partial charge in [-0.05, 0) is 69.6 Å². The zero-order chi connectivity index (χ0) is 23.8. The molecule has 0 aliphatic heterocycles. The molecule has 2 fully saturated rings. The molecule has 0 aromatic carbocycles. The third-order valence-electron chi connectivity index (χ3n) is 7.02. The number of fused-ring (bicyclic) bond motifs is 1. The van der Waals surface area contributed by atoms with E-state index < -0.39 is 5.97 Å². The largest absolute Gasteiger partial charge is 0.489 e. The molecule has 5 rings (SSSR count). The van der Waals surface area contributed by atoms with Crippen LogP contribution in [0.3, 0.4) is 0 Å². The van der Waals surface area contributed by atoms with Gasteiger partial charge in [-0.25, -0.2) is 19.6 Å². The highest BCUT2D eigenvalue weighted by Crippen LogP contribution is 2.48. The molecule has 2 saturated carbocycles. The Morgan fingerprint density at radius 2 is 2.03 bits per heavy atom. The number of aromatic nitrogens is 6. The van der Waals surface area contributed by atoms with Crippen LogP contribution in [0.5, 0.6) is 11.8 Å². The summed E-state index contributed by atoms with van der Waals surface area (Å²) in [5, 5.41) is 17.9. The highest BCUT2D eigenvalue weighted by atomic mass is 16.5. The van der Waals surface area contributed by atoms with Crippen LogP contribution in [0.1, 0.15) is 42.8 Å². The average molecular weight is 465 g/mol. The predicted molar refractivity (Wildman–Crippen MR) is 121 cm³/mol. The van der Waals surface area contributed by atoms with Crippen molar-refractivity contribution in [2.75, 3.05) is 0 Å². The van der Waals surface area contributed by atoms with E-state index >= 15 is 0 Å². The van der Waals surface area contributed by atoms with Gasteiger partial charge in [0.1, 0.15) is 23.7 Å². The number of carbonyl (C=O) groups is 1. The second-order valence-electron chi connectivity index (χ2n) is 9.21. The van der Waals surface area contributed by atoms with Crippen molar-refractivity contribution in [3.05, 3.63) is 41.5 Å². The zero-order valence-electron chi connectivity index (χ0n) is 19.5. The molecule has 178 valence electrons. The fourth-order valence-corrected chi connectivity index (χ4v) is 5.29. The van der Waals surface area contributed by atoms with Gasteiger partial charge in [0, 0.05) is 18.9 Å². The van der Waals surface area contributed by atoms with Crippen molar-refractivity contribution in [3.8, 4) is 23.1 Å². The van der Waals surface area contributed by atoms with Gasteiger partial charge in [-0.15, -0.1) is 5.10 Å². The smallest absolute Gasteiger partial charge is 0.316 e. The summed E-state index contributed by atoms with van der Waals surface area (Å²) < 4.78 is 13.7. The fraction of sp³-hybridized carbons (Fsp3) is 0.500. The Hall–Kier alpha value is -3.56. The zero-order valence-corrected chi connectivity index (χ0v) is 19.5. The Morgan fingerprint density at radius 3 is 2.79 bits per heavy atom. The lowest BCUT2D eigenvalue weighted by atomic mass is 9.92. The minimum absolute atomic E-state index is 0.0262. The number of hydrogen-bond donors (Lipinski definition) is 1. The highest BCUT2D eigenvalue weighted by molar-refractivity contribution is 5.71. The molecule has 1 unspecified atom stereocenters. The normalized spacial score (nSPS) is 23.6. The lowest BCUT2D eigenvalue weighted by Crippen LogP contribution is -2.21. The summed E-state index contributed by atoms with van der Waals surface area (Å²) in [7, 11) is 1.80. The van der Waals surface area contributed by atoms with Crippen LogP contribution in [0.25, 0.3) is 11.4 Å². The molecule has 0 saturated heterocycles. The van der Waals surface area contributed by atoms with Crippen molar-refractivity contribution < 1.29 is 19.4 Å². The number of aliphatic carboxylic acids is 1. The first kappa shape index (κ1) is 22.2. The SMILES string of the molecule is Cc1ccnc(OCc2c(-c3ccc(O[C@@H]4C[C@H]5CCC(C(=O)O)[C@H]5C4)c(C)n3)nnn2C)n1. The molecule has 3 aromatic rings. The maximum absolute atomic E-state index is 11.5. The van der Waals surface area contributed by atoms with Crippen molar-refractivity contribution >= 4 is 5.97 Å². The standard InChI is InChI=1S/C24H28N6O4/c1-13-8-9-25-24(26-13)33-12-20-22(28-29-30(20)3)19-6-7-21(14(2)27-19)34-16-10-15-4-5-17(23(31)32)18(15)11-16/h6-9,15-18H,4-5,10-12H2,1-3H3,(H,31,32)/t15-,16-,17?,18+/m1/s1. The van der Waals surface area contributed by atoms with Crippen LogP contribution in [0.15, 0.2) is 24.4 Å². The van der Waals surface area contributed by atoms with Crippen molar-refractivity contribution in [1.82, 2.24) is 29.9 Å². The maximum atomic E-state index is 11.5. The van der Waals surface area contributed by atoms with Gasteiger partial charge >= 0.3 is 12.0 Å². The molecule has 0 bridgehead atoms. The quantitative estimate of drug-likeness (QED) is 0.561. The topological polar surface area (TPSA) is 125 Å². The van der Waals surface area contributed by atoms with Crippen molar-refractivity contribution in [2.24, 2.45) is 24.8 Å². The van der Waals surface area contributed by atoms with Crippen LogP contribution in [-0.2, 0) is 18.4 Å². The van der Waals surface area contributed by atoms with E-state index in [0.717, 1.165) is 48.5 Å². The number of aryl methyl sites for hydroxylation is 3. The molecular weight excluding hydrogens is 436 g/mol. The molecule has 2 aliphatic rings. The fourth-order valence-electron chi connectivity index (χ4n) is 5.29. The van der Waals surface area contributed by atoms with Crippen LogP contribution < -0.4 is 9.47 Å². The van der Waals surface area contributed by atoms with Crippen molar-refractivity contribution in [3.63, 3.8) is 0 Å². The minimum atomic E-state index is -0.673. The van der Waals surface area contributed by atoms with Gasteiger partial charge in [-0.2, -0.15) is 0 Å². The third-order valence-corrected chi connectivity index (χ3v) is 7.02. The van der Waals surface area contributed by atoms with Gasteiger partial charge in [0.15, 0.2) is 0 Å². The molecule has 3 heterocycles. The number of rotatable bonds is 7. The Kier molecular flexibility index (Phi) is 5.89. The number of carboxylic acids is 1. The van der Waals surface area contributed by atoms with Crippen LogP contribution in [0.4, 0.5) is 0 Å². The average Bonchev–Trinajstić information content (AvgIpc) is 3.48. The molecule has 34 heavy (non-hydrogen) atoms. The summed E-state index contributed by atoms with van der Waals surface area (Å²) in [5.74, 6) is 0.471. The first-order chi connectivity index (χ1) is 16.4. The summed E-state index contributed by atoms with van der Waals surface area (Å²) in [6.07, 6.45) is 5.13. The third kappa shape index (κ3) is 4.32. The Labute approximate surface area is 197 Å². The molecule has 3 aromatic heterocycles. The van der Waals surface area contributed by atoms with Crippen molar-refractivity contribution in [2.45, 2.75) is 52.2 Å². The molecule has 4 atom stereocenters. The summed E-state index contributed by atoms with van der Waals surface area (Å²) in [6.45, 7) is 3.99. The van der Waals surface area contributed by atoms with Gasteiger partial charge in [0.25, 0.3) is 0 Å². The Morgan fingerprint density at radius 1 is 1.18 bits per heavy atom. The summed E-state index contributed by atoms with van der Waals surface area (Å²) in [6, 6.07) is 5.88. The second-order valence-corrected chi connectivity index (χ2v) is 9.21. The monoisotopic (exact) mass is 464 g/mol. The van der Waals surface area contributed by atoms with E-state index in [4.69, 9.17) is 14.5 Å². The van der Waals surface area contributed by atoms with E-state index in [1.807, 2.05) is 32.0 Å². The number of nitrogens with zero attached hydrogens (tertiary/aromatic N) is 6. The second kappa shape index (κ2) is 9.00. The number of ether oxygens (including phenoxy) is 2. The van der Waals surface area contributed by atoms with Crippen LogP contribution in [0, 0.1) is 31.6 Å². The van der Waals surface area contributed by atoms with E-state index in [1.54, 1.807) is 17.9 Å². The van der Waals surface area contributed by atoms with Crippen LogP contribution in [0.2, 0.25) is 0 Å². The number of hydrogen-bond acceptors (Lipinski definition) is 8. The summed E-state index contributed by atoms with van der Waals surface area (Å²) >= 11 is 0. The first-order valence-corrected chi connectivity index (χ1v) is 11.6. The Balaban J connectivity index is 1.29.